The lowest BCUT2D eigenvalue weighted by atomic mass is 9.94. The third kappa shape index (κ3) is 5.06. The van der Waals surface area contributed by atoms with Gasteiger partial charge in [0.25, 0.3) is 5.91 Å². The van der Waals surface area contributed by atoms with Crippen LogP contribution in [0, 0.1) is 5.82 Å². The number of benzene rings is 1. The van der Waals surface area contributed by atoms with E-state index < -0.39 is 18.4 Å². The lowest BCUT2D eigenvalue weighted by Gasteiger charge is -2.17. The van der Waals surface area contributed by atoms with Gasteiger partial charge in [0.1, 0.15) is 17.3 Å². The Morgan fingerprint density at radius 1 is 1.18 bits per heavy atom. The second-order valence-electron chi connectivity index (χ2n) is 9.80. The molecule has 39 heavy (non-hydrogen) atoms. The number of anilines is 2. The smallest absolute Gasteiger partial charge is 0.381 e. The summed E-state index contributed by atoms with van der Waals surface area (Å²) in [5, 5.41) is 6.08. The SMILES string of the molecule is O=C1NCc2c(-c3cnc4cc(F)ccn34)ccc(Nc3ccc([C@H]4CCOC4)c(CCCC(F)(F)F)n3)c21. The number of carbonyl (C=O) groups is 1. The summed E-state index contributed by atoms with van der Waals surface area (Å²) in [5.74, 6) is -0.0994. The van der Waals surface area contributed by atoms with Gasteiger partial charge >= 0.3 is 6.18 Å². The van der Waals surface area contributed by atoms with Crippen molar-refractivity contribution in [2.45, 2.75) is 44.3 Å². The number of fused-ring (bicyclic) bond motifs is 2. The molecule has 0 spiro atoms. The Morgan fingerprint density at radius 3 is 2.85 bits per heavy atom. The van der Waals surface area contributed by atoms with Crippen LogP contribution in [0.3, 0.4) is 0 Å². The number of carbonyl (C=O) groups excluding carboxylic acids is 1. The number of nitrogens with zero attached hydrogens (tertiary/aromatic N) is 3. The second-order valence-corrected chi connectivity index (χ2v) is 9.80. The molecule has 0 aliphatic carbocycles. The lowest BCUT2D eigenvalue weighted by molar-refractivity contribution is -0.135. The second kappa shape index (κ2) is 9.96. The zero-order chi connectivity index (χ0) is 27.1. The highest BCUT2D eigenvalue weighted by Gasteiger charge is 2.29. The molecule has 1 amide bonds. The van der Waals surface area contributed by atoms with Crippen LogP contribution in [0.2, 0.25) is 0 Å². The zero-order valence-corrected chi connectivity index (χ0v) is 20.8. The van der Waals surface area contributed by atoms with Gasteiger partial charge in [-0.15, -0.1) is 0 Å². The summed E-state index contributed by atoms with van der Waals surface area (Å²) >= 11 is 0. The maximum Gasteiger partial charge on any atom is 0.389 e. The van der Waals surface area contributed by atoms with Crippen molar-refractivity contribution in [1.29, 1.82) is 0 Å². The molecule has 6 rings (SSSR count). The molecule has 3 aromatic heterocycles. The molecule has 2 aliphatic rings. The number of ether oxygens (including phenoxy) is 1. The molecule has 0 radical (unpaired) electrons. The molecule has 1 aromatic carbocycles. The van der Waals surface area contributed by atoms with E-state index in [2.05, 4.69) is 20.6 Å². The van der Waals surface area contributed by atoms with Crippen molar-refractivity contribution in [3.05, 3.63) is 77.0 Å². The highest BCUT2D eigenvalue weighted by atomic mass is 19.4. The molecular formula is C28H25F4N5O2. The molecule has 202 valence electrons. The molecule has 5 heterocycles. The molecule has 1 saturated heterocycles. The monoisotopic (exact) mass is 539 g/mol. The summed E-state index contributed by atoms with van der Waals surface area (Å²) in [7, 11) is 0. The Morgan fingerprint density at radius 2 is 2.05 bits per heavy atom. The van der Waals surface area contributed by atoms with E-state index in [4.69, 9.17) is 4.74 Å². The Balaban J connectivity index is 1.33. The number of alkyl halides is 3. The van der Waals surface area contributed by atoms with Crippen LogP contribution < -0.4 is 10.6 Å². The average Bonchev–Trinajstić information content (AvgIpc) is 3.64. The first-order valence-electron chi connectivity index (χ1n) is 12.8. The number of rotatable bonds is 7. The van der Waals surface area contributed by atoms with Crippen molar-refractivity contribution < 1.29 is 27.1 Å². The Hall–Kier alpha value is -3.99. The van der Waals surface area contributed by atoms with Crippen molar-refractivity contribution in [1.82, 2.24) is 19.7 Å². The Labute approximate surface area is 221 Å². The van der Waals surface area contributed by atoms with Gasteiger partial charge in [0.2, 0.25) is 0 Å². The lowest BCUT2D eigenvalue weighted by Crippen LogP contribution is -2.14. The zero-order valence-electron chi connectivity index (χ0n) is 20.8. The first-order chi connectivity index (χ1) is 18.8. The fourth-order valence-corrected chi connectivity index (χ4v) is 5.37. The summed E-state index contributed by atoms with van der Waals surface area (Å²) in [6.45, 7) is 1.44. The van der Waals surface area contributed by atoms with Gasteiger partial charge in [0.05, 0.1) is 29.7 Å². The molecule has 0 unspecified atom stereocenters. The fraction of sp³-hybridized carbons (Fsp3) is 0.321. The maximum absolute atomic E-state index is 13.7. The number of aryl methyl sites for hydroxylation is 1. The molecule has 7 nitrogen and oxygen atoms in total. The molecule has 1 fully saturated rings. The summed E-state index contributed by atoms with van der Waals surface area (Å²) < 4.78 is 59.4. The predicted octanol–water partition coefficient (Wildman–Crippen LogP) is 5.91. The molecule has 2 N–H and O–H groups in total. The summed E-state index contributed by atoms with van der Waals surface area (Å²) in [6.07, 6.45) is -0.943. The predicted molar refractivity (Wildman–Crippen MR) is 136 cm³/mol. The number of nitrogens with one attached hydrogen (secondary N) is 2. The van der Waals surface area contributed by atoms with E-state index >= 15 is 0 Å². The number of hydrogen-bond donors (Lipinski definition) is 2. The van der Waals surface area contributed by atoms with Gasteiger partial charge in [-0.05, 0) is 48.6 Å². The first-order valence-corrected chi connectivity index (χ1v) is 12.8. The van der Waals surface area contributed by atoms with Gasteiger partial charge in [-0.25, -0.2) is 14.4 Å². The normalized spacial score (nSPS) is 17.0. The van der Waals surface area contributed by atoms with Crippen LogP contribution >= 0.6 is 0 Å². The minimum absolute atomic E-state index is 0.0593. The van der Waals surface area contributed by atoms with Crippen molar-refractivity contribution in [3.63, 3.8) is 0 Å². The number of pyridine rings is 2. The van der Waals surface area contributed by atoms with Crippen LogP contribution in [0.5, 0.6) is 0 Å². The van der Waals surface area contributed by atoms with Crippen LogP contribution in [-0.2, 0) is 17.7 Å². The Kier molecular flexibility index (Phi) is 6.46. The van der Waals surface area contributed by atoms with Crippen LogP contribution in [0.1, 0.15) is 52.4 Å². The van der Waals surface area contributed by atoms with Crippen LogP contribution in [0.25, 0.3) is 16.9 Å². The molecule has 0 bridgehead atoms. The summed E-state index contributed by atoms with van der Waals surface area (Å²) in [6, 6.07) is 9.99. The van der Waals surface area contributed by atoms with Gasteiger partial charge in [-0.1, -0.05) is 12.1 Å². The van der Waals surface area contributed by atoms with Gasteiger partial charge in [-0.2, -0.15) is 13.2 Å². The van der Waals surface area contributed by atoms with E-state index in [-0.39, 0.29) is 24.7 Å². The molecule has 0 saturated carbocycles. The number of halogens is 4. The van der Waals surface area contributed by atoms with Crippen molar-refractivity contribution in [2.75, 3.05) is 18.5 Å². The highest BCUT2D eigenvalue weighted by Crippen LogP contribution is 2.36. The van der Waals surface area contributed by atoms with E-state index in [1.165, 1.54) is 12.1 Å². The largest absolute Gasteiger partial charge is 0.389 e. The highest BCUT2D eigenvalue weighted by molar-refractivity contribution is 6.06. The Bertz CT molecular complexity index is 1560. The molecule has 2 aliphatic heterocycles. The standard InChI is InChI=1S/C28H25F4N5O2/c29-17-7-10-37-23(14-33-25(37)12-17)19-3-5-22(26-20(19)13-34-27(26)38)36-24-6-4-18(16-8-11-39-15-16)21(35-24)2-1-9-28(30,31)32/h3-7,10,12,14,16H,1-2,8-9,11,13,15H2,(H,34,38)(H,35,36)/t16-/m0/s1. The minimum atomic E-state index is -4.23. The first kappa shape index (κ1) is 25.3. The van der Waals surface area contributed by atoms with Gasteiger partial charge < -0.3 is 15.4 Å². The molecular weight excluding hydrogens is 514 g/mol. The third-order valence-corrected chi connectivity index (χ3v) is 7.23. The van der Waals surface area contributed by atoms with Gasteiger partial charge in [-0.3, -0.25) is 9.20 Å². The van der Waals surface area contributed by atoms with Crippen LogP contribution in [0.4, 0.5) is 29.1 Å². The maximum atomic E-state index is 13.7. The van der Waals surface area contributed by atoms with Gasteiger partial charge in [0.15, 0.2) is 0 Å². The fourth-order valence-electron chi connectivity index (χ4n) is 5.37. The number of imidazole rings is 1. The molecule has 11 heteroatoms. The van der Waals surface area contributed by atoms with E-state index in [0.29, 0.717) is 48.2 Å². The van der Waals surface area contributed by atoms with Gasteiger partial charge in [0, 0.05) is 49.0 Å². The van der Waals surface area contributed by atoms with E-state index in [0.717, 1.165) is 28.8 Å². The van der Waals surface area contributed by atoms with Crippen LogP contribution in [0.15, 0.2) is 48.8 Å². The number of aromatic nitrogens is 3. The molecule has 4 aromatic rings. The quantitative estimate of drug-likeness (QED) is 0.286. The third-order valence-electron chi connectivity index (χ3n) is 7.23. The minimum Gasteiger partial charge on any atom is -0.381 e. The summed E-state index contributed by atoms with van der Waals surface area (Å²) in [4.78, 5) is 21.9. The van der Waals surface area contributed by atoms with Crippen molar-refractivity contribution in [3.8, 4) is 11.3 Å². The topological polar surface area (TPSA) is 80.6 Å². The number of hydrogen-bond acceptors (Lipinski definition) is 5. The van der Waals surface area contributed by atoms with Crippen molar-refractivity contribution >= 4 is 23.1 Å². The van der Waals surface area contributed by atoms with E-state index in [1.807, 2.05) is 12.1 Å². The van der Waals surface area contributed by atoms with E-state index in [9.17, 15) is 22.4 Å². The number of amides is 1. The average molecular weight is 540 g/mol. The molecule has 1 atom stereocenters. The van der Waals surface area contributed by atoms with Crippen LogP contribution in [-0.4, -0.2) is 39.7 Å². The van der Waals surface area contributed by atoms with E-state index in [1.54, 1.807) is 28.9 Å². The van der Waals surface area contributed by atoms with Crippen molar-refractivity contribution in [2.24, 2.45) is 0 Å². The summed E-state index contributed by atoms with van der Waals surface area (Å²) in [5.41, 5.74) is 5.22.